The van der Waals surface area contributed by atoms with Gasteiger partial charge in [-0.3, -0.25) is 0 Å². The fraction of sp³-hybridized carbons (Fsp3) is 0. The summed E-state index contributed by atoms with van der Waals surface area (Å²) in [5, 5.41) is 2.89. The van der Waals surface area contributed by atoms with Gasteiger partial charge in [0.1, 0.15) is 11.2 Å². The minimum absolute atomic E-state index is 0.515. The van der Waals surface area contributed by atoms with Crippen LogP contribution in [0.3, 0.4) is 0 Å². The zero-order chi connectivity index (χ0) is 11.3. The summed E-state index contributed by atoms with van der Waals surface area (Å²) >= 11 is 15.7. The molecule has 0 unspecified atom stereocenters. The van der Waals surface area contributed by atoms with E-state index < -0.39 is 0 Å². The van der Waals surface area contributed by atoms with Crippen molar-refractivity contribution in [3.63, 3.8) is 0 Å². The molecule has 0 bridgehead atoms. The van der Waals surface area contributed by atoms with Crippen molar-refractivity contribution < 1.29 is 4.42 Å². The van der Waals surface area contributed by atoms with E-state index in [1.54, 1.807) is 0 Å². The van der Waals surface area contributed by atoms with Crippen LogP contribution < -0.4 is 0 Å². The number of halogens is 3. The molecule has 0 saturated heterocycles. The van der Waals surface area contributed by atoms with Gasteiger partial charge in [0, 0.05) is 15.2 Å². The molecule has 0 N–H and O–H groups in total. The highest BCUT2D eigenvalue weighted by molar-refractivity contribution is 9.10. The average Bonchev–Trinajstić information content (AvgIpc) is 2.64. The Morgan fingerprint density at radius 3 is 2.56 bits per heavy atom. The molecular weight excluding hydrogens is 311 g/mol. The van der Waals surface area contributed by atoms with Gasteiger partial charge in [-0.2, -0.15) is 0 Å². The maximum Gasteiger partial charge on any atom is 0.138 e. The molecule has 2 aromatic carbocycles. The molecule has 3 rings (SSSR count). The lowest BCUT2D eigenvalue weighted by Gasteiger charge is -1.99. The number of fused-ring (bicyclic) bond motifs is 3. The molecule has 80 valence electrons. The normalized spacial score (nSPS) is 11.4. The van der Waals surface area contributed by atoms with Crippen molar-refractivity contribution in [2.24, 2.45) is 0 Å². The lowest BCUT2D eigenvalue weighted by atomic mass is 10.1. The van der Waals surface area contributed by atoms with E-state index in [0.717, 1.165) is 26.4 Å². The van der Waals surface area contributed by atoms with Crippen molar-refractivity contribution in [3.05, 3.63) is 44.8 Å². The number of para-hydroxylation sites is 1. The second-order valence-electron chi connectivity index (χ2n) is 3.46. The molecule has 0 amide bonds. The van der Waals surface area contributed by atoms with Crippen LogP contribution in [0.1, 0.15) is 0 Å². The number of furan rings is 1. The average molecular weight is 316 g/mol. The van der Waals surface area contributed by atoms with E-state index in [1.165, 1.54) is 0 Å². The smallest absolute Gasteiger partial charge is 0.138 e. The van der Waals surface area contributed by atoms with Crippen molar-refractivity contribution in [1.82, 2.24) is 0 Å². The summed E-state index contributed by atoms with van der Waals surface area (Å²) in [5.74, 6) is 0. The fourth-order valence-corrected chi connectivity index (χ4v) is 2.75. The number of rotatable bonds is 0. The summed E-state index contributed by atoms with van der Waals surface area (Å²) < 4.78 is 6.44. The molecule has 0 fully saturated rings. The summed E-state index contributed by atoms with van der Waals surface area (Å²) in [6.07, 6.45) is 0. The lowest BCUT2D eigenvalue weighted by Crippen LogP contribution is -1.74. The van der Waals surface area contributed by atoms with Crippen LogP contribution in [-0.2, 0) is 0 Å². The first-order valence-electron chi connectivity index (χ1n) is 4.63. The van der Waals surface area contributed by atoms with Gasteiger partial charge in [-0.05, 0) is 28.1 Å². The molecule has 0 saturated carbocycles. The van der Waals surface area contributed by atoms with Crippen LogP contribution in [0.5, 0.6) is 0 Å². The Kier molecular flexibility index (Phi) is 2.39. The molecule has 0 aliphatic heterocycles. The summed E-state index contributed by atoms with van der Waals surface area (Å²) in [5.41, 5.74) is 1.55. The molecule has 0 aliphatic carbocycles. The summed E-state index contributed by atoms with van der Waals surface area (Å²) in [7, 11) is 0. The Balaban J connectivity index is 2.62. The molecule has 16 heavy (non-hydrogen) atoms. The van der Waals surface area contributed by atoms with Crippen LogP contribution in [0.15, 0.2) is 39.2 Å². The third-order valence-corrected chi connectivity index (χ3v) is 4.22. The Labute approximate surface area is 110 Å². The van der Waals surface area contributed by atoms with Gasteiger partial charge >= 0.3 is 0 Å². The molecule has 1 aromatic heterocycles. The van der Waals surface area contributed by atoms with E-state index in [-0.39, 0.29) is 0 Å². The topological polar surface area (TPSA) is 13.1 Å². The maximum absolute atomic E-state index is 6.23. The van der Waals surface area contributed by atoms with Gasteiger partial charge in [0.25, 0.3) is 0 Å². The van der Waals surface area contributed by atoms with E-state index in [4.69, 9.17) is 27.6 Å². The third-order valence-electron chi connectivity index (χ3n) is 2.50. The molecular formula is C12H5BrCl2O. The minimum atomic E-state index is 0.515. The van der Waals surface area contributed by atoms with Crippen LogP contribution >= 0.6 is 39.1 Å². The van der Waals surface area contributed by atoms with E-state index in [2.05, 4.69) is 15.9 Å². The second-order valence-corrected chi connectivity index (χ2v) is 5.07. The van der Waals surface area contributed by atoms with E-state index >= 15 is 0 Å². The van der Waals surface area contributed by atoms with Gasteiger partial charge in [0.2, 0.25) is 0 Å². The lowest BCUT2D eigenvalue weighted by molar-refractivity contribution is 0.668. The predicted octanol–water partition coefficient (Wildman–Crippen LogP) is 5.66. The maximum atomic E-state index is 6.23. The quantitative estimate of drug-likeness (QED) is 0.488. The summed E-state index contributed by atoms with van der Waals surface area (Å²) in [6.45, 7) is 0. The Morgan fingerprint density at radius 1 is 1.00 bits per heavy atom. The van der Waals surface area contributed by atoms with E-state index in [9.17, 15) is 0 Å². The van der Waals surface area contributed by atoms with Crippen LogP contribution in [0.4, 0.5) is 0 Å². The molecule has 0 spiro atoms. The van der Waals surface area contributed by atoms with Crippen LogP contribution in [-0.4, -0.2) is 0 Å². The first-order valence-corrected chi connectivity index (χ1v) is 6.18. The number of benzene rings is 2. The van der Waals surface area contributed by atoms with Gasteiger partial charge in [0.15, 0.2) is 0 Å². The minimum Gasteiger partial charge on any atom is -0.456 e. The molecule has 4 heteroatoms. The van der Waals surface area contributed by atoms with Crippen molar-refractivity contribution in [2.45, 2.75) is 0 Å². The molecule has 1 heterocycles. The van der Waals surface area contributed by atoms with E-state index in [0.29, 0.717) is 10.0 Å². The van der Waals surface area contributed by atoms with Crippen LogP contribution in [0, 0.1) is 0 Å². The standard InChI is InChI=1S/C12H5BrCl2O/c13-7-5-9-10(12(15)11(7)14)6-3-1-2-4-8(6)16-9/h1-5H. The Morgan fingerprint density at radius 2 is 1.75 bits per heavy atom. The Hall–Kier alpha value is -0.700. The van der Waals surface area contributed by atoms with Crippen molar-refractivity contribution in [1.29, 1.82) is 0 Å². The molecule has 1 nitrogen and oxygen atoms in total. The first-order chi connectivity index (χ1) is 7.68. The third kappa shape index (κ3) is 1.37. The molecule has 0 atom stereocenters. The summed E-state index contributed by atoms with van der Waals surface area (Å²) in [4.78, 5) is 0. The largest absolute Gasteiger partial charge is 0.456 e. The molecule has 0 aliphatic rings. The number of hydrogen-bond donors (Lipinski definition) is 0. The second kappa shape index (κ2) is 3.66. The zero-order valence-corrected chi connectivity index (χ0v) is 11.0. The van der Waals surface area contributed by atoms with Crippen molar-refractivity contribution in [3.8, 4) is 0 Å². The van der Waals surface area contributed by atoms with Crippen LogP contribution in [0.2, 0.25) is 10.0 Å². The van der Waals surface area contributed by atoms with Gasteiger partial charge in [0.05, 0.1) is 10.0 Å². The molecule has 3 aromatic rings. The first kappa shape index (κ1) is 10.5. The van der Waals surface area contributed by atoms with Gasteiger partial charge in [-0.25, -0.2) is 0 Å². The van der Waals surface area contributed by atoms with Crippen molar-refractivity contribution >= 4 is 61.1 Å². The SMILES string of the molecule is Clc1c(Br)cc2oc3ccccc3c2c1Cl. The summed E-state index contributed by atoms with van der Waals surface area (Å²) in [6, 6.07) is 9.59. The van der Waals surface area contributed by atoms with Crippen molar-refractivity contribution in [2.75, 3.05) is 0 Å². The number of hydrogen-bond acceptors (Lipinski definition) is 1. The van der Waals surface area contributed by atoms with Gasteiger partial charge < -0.3 is 4.42 Å². The van der Waals surface area contributed by atoms with Gasteiger partial charge in [-0.15, -0.1) is 0 Å². The highest BCUT2D eigenvalue weighted by Crippen LogP contribution is 2.41. The monoisotopic (exact) mass is 314 g/mol. The fourth-order valence-electron chi connectivity index (χ4n) is 1.79. The highest BCUT2D eigenvalue weighted by atomic mass is 79.9. The zero-order valence-electron chi connectivity index (χ0n) is 7.93. The Bertz CT molecular complexity index is 703. The highest BCUT2D eigenvalue weighted by Gasteiger charge is 2.14. The molecule has 0 radical (unpaired) electrons. The van der Waals surface area contributed by atoms with Crippen LogP contribution in [0.25, 0.3) is 21.9 Å². The van der Waals surface area contributed by atoms with Gasteiger partial charge in [-0.1, -0.05) is 41.4 Å². The predicted molar refractivity (Wildman–Crippen MR) is 71.4 cm³/mol. The van der Waals surface area contributed by atoms with E-state index in [1.807, 2.05) is 30.3 Å².